The molecule has 0 atom stereocenters. The molecule has 12 heteroatoms. The zero-order chi connectivity index (χ0) is 22.5. The summed E-state index contributed by atoms with van der Waals surface area (Å²) in [5, 5.41) is 18.4. The van der Waals surface area contributed by atoms with Gasteiger partial charge >= 0.3 is 5.97 Å². The Morgan fingerprint density at radius 3 is 2.71 bits per heavy atom. The first-order chi connectivity index (χ1) is 14.8. The van der Waals surface area contributed by atoms with Gasteiger partial charge in [0, 0.05) is 17.2 Å². The number of halogens is 1. The average molecular weight is 446 g/mol. The fourth-order valence-corrected chi connectivity index (χ4v) is 2.98. The molecule has 3 aromatic rings. The molecule has 2 aromatic heterocycles. The molecule has 0 bridgehead atoms. The highest BCUT2D eigenvalue weighted by atomic mass is 35.5. The zero-order valence-corrected chi connectivity index (χ0v) is 16.9. The van der Waals surface area contributed by atoms with Crippen LogP contribution in [-0.4, -0.2) is 38.3 Å². The zero-order valence-electron chi connectivity index (χ0n) is 16.1. The van der Waals surface area contributed by atoms with Crippen molar-refractivity contribution < 1.29 is 19.2 Å². The number of carbonyl (C=O) groups excluding carboxylic acids is 2. The minimum absolute atomic E-state index is 0.283. The number of pyridine rings is 1. The van der Waals surface area contributed by atoms with Crippen LogP contribution in [0.2, 0.25) is 5.02 Å². The molecule has 1 N–H and O–H groups in total. The van der Waals surface area contributed by atoms with Gasteiger partial charge in [-0.3, -0.25) is 24.3 Å². The number of nitro groups is 1. The van der Waals surface area contributed by atoms with Crippen molar-refractivity contribution >= 4 is 35.0 Å². The lowest BCUT2D eigenvalue weighted by molar-refractivity contribution is -0.385. The van der Waals surface area contributed by atoms with Crippen molar-refractivity contribution in [2.45, 2.75) is 13.1 Å². The quantitative estimate of drug-likeness (QED) is 0.333. The molecule has 0 aliphatic rings. The van der Waals surface area contributed by atoms with Gasteiger partial charge in [-0.1, -0.05) is 29.8 Å². The number of benzene rings is 1. The number of anilines is 1. The Labute approximate surface area is 180 Å². The number of hydrogen-bond donors (Lipinski definition) is 1. The summed E-state index contributed by atoms with van der Waals surface area (Å²) in [5.41, 5.74) is -1.19. The summed E-state index contributed by atoms with van der Waals surface area (Å²) in [6.07, 6.45) is 2.36. The molecule has 2 heterocycles. The van der Waals surface area contributed by atoms with Crippen LogP contribution in [0, 0.1) is 10.1 Å². The number of nitrogens with zero attached hydrogens (tertiary/aromatic N) is 4. The Bertz CT molecular complexity index is 1220. The highest BCUT2D eigenvalue weighted by Crippen LogP contribution is 2.18. The number of carbonyl (C=O) groups is 2. The highest BCUT2D eigenvalue weighted by Gasteiger charge is 2.21. The van der Waals surface area contributed by atoms with E-state index in [1.807, 2.05) is 12.1 Å². The van der Waals surface area contributed by atoms with Crippen molar-refractivity contribution in [3.63, 3.8) is 0 Å². The van der Waals surface area contributed by atoms with E-state index in [-0.39, 0.29) is 6.54 Å². The molecular weight excluding hydrogens is 430 g/mol. The maximum Gasteiger partial charge on any atom is 0.343 e. The Hall–Kier alpha value is -3.99. The second-order valence-corrected chi connectivity index (χ2v) is 6.71. The molecule has 0 saturated carbocycles. The standard InChI is InChI=1S/C19H16ClN5O6/c1-31-19(28)14-8-13(25(29)30)10-23(18(14)27)11-17(26)22-16-6-7-21-24(16)9-12-4-2-3-5-15(12)20/h2-8,10H,9,11H2,1H3,(H,22,26). The van der Waals surface area contributed by atoms with E-state index in [1.54, 1.807) is 18.2 Å². The van der Waals surface area contributed by atoms with Gasteiger partial charge < -0.3 is 10.1 Å². The van der Waals surface area contributed by atoms with Crippen LogP contribution in [-0.2, 0) is 22.6 Å². The van der Waals surface area contributed by atoms with Crippen LogP contribution in [0.15, 0.2) is 53.6 Å². The van der Waals surface area contributed by atoms with E-state index in [2.05, 4.69) is 15.2 Å². The van der Waals surface area contributed by atoms with E-state index in [0.717, 1.165) is 29.5 Å². The summed E-state index contributed by atoms with van der Waals surface area (Å²) in [7, 11) is 1.04. The Morgan fingerprint density at radius 2 is 2.03 bits per heavy atom. The molecule has 0 unspecified atom stereocenters. The highest BCUT2D eigenvalue weighted by molar-refractivity contribution is 6.31. The van der Waals surface area contributed by atoms with Crippen LogP contribution < -0.4 is 10.9 Å². The maximum absolute atomic E-state index is 12.5. The van der Waals surface area contributed by atoms with E-state index >= 15 is 0 Å². The van der Waals surface area contributed by atoms with Crippen LogP contribution in [0.5, 0.6) is 0 Å². The van der Waals surface area contributed by atoms with Crippen molar-refractivity contribution in [2.24, 2.45) is 0 Å². The topological polar surface area (TPSA) is 138 Å². The molecule has 0 saturated heterocycles. The number of aromatic nitrogens is 3. The lowest BCUT2D eigenvalue weighted by Crippen LogP contribution is -2.31. The maximum atomic E-state index is 12.5. The Balaban J connectivity index is 1.82. The van der Waals surface area contributed by atoms with E-state index in [4.69, 9.17) is 11.6 Å². The van der Waals surface area contributed by atoms with Crippen LogP contribution >= 0.6 is 11.6 Å². The molecule has 11 nitrogen and oxygen atoms in total. The number of rotatable bonds is 7. The predicted molar refractivity (Wildman–Crippen MR) is 110 cm³/mol. The number of hydrogen-bond acceptors (Lipinski definition) is 7. The van der Waals surface area contributed by atoms with Crippen molar-refractivity contribution in [2.75, 3.05) is 12.4 Å². The SMILES string of the molecule is COC(=O)c1cc([N+](=O)[O-])cn(CC(=O)Nc2ccnn2Cc2ccccc2Cl)c1=O. The van der Waals surface area contributed by atoms with Gasteiger partial charge in [-0.25, -0.2) is 9.48 Å². The van der Waals surface area contributed by atoms with Gasteiger partial charge in [0.2, 0.25) is 5.91 Å². The van der Waals surface area contributed by atoms with E-state index < -0.39 is 40.2 Å². The summed E-state index contributed by atoms with van der Waals surface area (Å²) in [6, 6.07) is 9.50. The monoisotopic (exact) mass is 445 g/mol. The summed E-state index contributed by atoms with van der Waals surface area (Å²) in [6.45, 7) is -0.284. The molecule has 31 heavy (non-hydrogen) atoms. The van der Waals surface area contributed by atoms with Crippen LogP contribution in [0.1, 0.15) is 15.9 Å². The summed E-state index contributed by atoms with van der Waals surface area (Å²) < 4.78 is 6.75. The van der Waals surface area contributed by atoms with Gasteiger partial charge in [-0.2, -0.15) is 5.10 Å². The second kappa shape index (κ2) is 9.22. The Kier molecular flexibility index (Phi) is 6.46. The molecule has 0 fully saturated rings. The van der Waals surface area contributed by atoms with Crippen LogP contribution in [0.3, 0.4) is 0 Å². The molecule has 0 radical (unpaired) electrons. The van der Waals surface area contributed by atoms with Gasteiger partial charge in [-0.15, -0.1) is 0 Å². The van der Waals surface area contributed by atoms with E-state index in [0.29, 0.717) is 10.8 Å². The van der Waals surface area contributed by atoms with E-state index in [1.165, 1.54) is 10.9 Å². The lowest BCUT2D eigenvalue weighted by atomic mass is 10.2. The summed E-state index contributed by atoms with van der Waals surface area (Å²) in [4.78, 5) is 47.1. The van der Waals surface area contributed by atoms with Crippen LogP contribution in [0.25, 0.3) is 0 Å². The number of amides is 1. The van der Waals surface area contributed by atoms with Crippen molar-refractivity contribution in [3.8, 4) is 0 Å². The number of nitrogens with one attached hydrogen (secondary N) is 1. The normalized spacial score (nSPS) is 10.5. The number of esters is 1. The molecule has 3 rings (SSSR count). The largest absolute Gasteiger partial charge is 0.465 e. The second-order valence-electron chi connectivity index (χ2n) is 6.31. The number of methoxy groups -OCH3 is 1. The summed E-state index contributed by atoms with van der Waals surface area (Å²) in [5.74, 6) is -1.36. The molecule has 0 spiro atoms. The fraction of sp³-hybridized carbons (Fsp3) is 0.158. The third kappa shape index (κ3) is 4.95. The predicted octanol–water partition coefficient (Wildman–Crippen LogP) is 2.08. The lowest BCUT2D eigenvalue weighted by Gasteiger charge is -2.11. The van der Waals surface area contributed by atoms with Gasteiger partial charge in [0.15, 0.2) is 0 Å². The molecule has 160 valence electrons. The summed E-state index contributed by atoms with van der Waals surface area (Å²) >= 11 is 6.16. The molecular formula is C19H16ClN5O6. The fourth-order valence-electron chi connectivity index (χ4n) is 2.78. The van der Waals surface area contributed by atoms with Gasteiger partial charge in [0.25, 0.3) is 11.2 Å². The van der Waals surface area contributed by atoms with Gasteiger partial charge in [0.05, 0.1) is 31.0 Å². The minimum atomic E-state index is -1.04. The van der Waals surface area contributed by atoms with Crippen LogP contribution in [0.4, 0.5) is 11.5 Å². The molecule has 1 amide bonds. The molecule has 0 aliphatic carbocycles. The Morgan fingerprint density at radius 1 is 1.29 bits per heavy atom. The third-order valence-corrected chi connectivity index (χ3v) is 4.63. The van der Waals surface area contributed by atoms with Crippen molar-refractivity contribution in [3.05, 3.63) is 85.4 Å². The average Bonchev–Trinajstić information content (AvgIpc) is 3.16. The van der Waals surface area contributed by atoms with Crippen molar-refractivity contribution in [1.82, 2.24) is 14.3 Å². The van der Waals surface area contributed by atoms with Gasteiger partial charge in [-0.05, 0) is 11.6 Å². The molecule has 0 aliphatic heterocycles. The van der Waals surface area contributed by atoms with Crippen molar-refractivity contribution in [1.29, 1.82) is 0 Å². The third-order valence-electron chi connectivity index (χ3n) is 4.26. The number of ether oxygens (including phenoxy) is 1. The molecule has 1 aromatic carbocycles. The van der Waals surface area contributed by atoms with Gasteiger partial charge in [0.1, 0.15) is 17.9 Å². The van der Waals surface area contributed by atoms with E-state index in [9.17, 15) is 24.5 Å². The first kappa shape index (κ1) is 21.7. The first-order valence-electron chi connectivity index (χ1n) is 8.82. The first-order valence-corrected chi connectivity index (χ1v) is 9.20. The smallest absolute Gasteiger partial charge is 0.343 e. The minimum Gasteiger partial charge on any atom is -0.465 e.